The minimum Gasteiger partial charge on any atom is -0.395 e. The van der Waals surface area contributed by atoms with Gasteiger partial charge < -0.3 is 15.3 Å². The van der Waals surface area contributed by atoms with Crippen LogP contribution < -0.4 is 11.2 Å². The van der Waals surface area contributed by atoms with E-state index in [2.05, 4.69) is 15.0 Å². The van der Waals surface area contributed by atoms with Gasteiger partial charge in [-0.1, -0.05) is 5.11 Å². The third kappa shape index (κ3) is 2.45. The maximum absolute atomic E-state index is 11.8. The Labute approximate surface area is 121 Å². The quantitative estimate of drug-likeness (QED) is 0.311. The molecule has 4 atom stereocenters. The molecule has 1 aromatic rings. The van der Waals surface area contributed by atoms with Crippen LogP contribution in [0.3, 0.4) is 0 Å². The van der Waals surface area contributed by atoms with E-state index in [1.165, 1.54) is 13.1 Å². The molecule has 11 heteroatoms. The molecule has 0 aromatic carbocycles. The standard InChI is InChI=1S/C10H13N5O5S/c1-4-2-15(9(20)12-7(4)19)8-5(17)6(18)10(3-16,21-8)13-14-11/h2,5-6,8,16-18H,3H2,1H3,(H,12,19,20)/t5-,6+,8-,10-/m1/s1. The Morgan fingerprint density at radius 3 is 2.81 bits per heavy atom. The molecular formula is C10H13N5O5S. The Balaban J connectivity index is 2.52. The highest BCUT2D eigenvalue weighted by molar-refractivity contribution is 8.01. The van der Waals surface area contributed by atoms with Crippen LogP contribution in [-0.4, -0.2) is 48.6 Å². The van der Waals surface area contributed by atoms with E-state index < -0.39 is 40.3 Å². The second-order valence-corrected chi connectivity index (χ2v) is 6.04. The van der Waals surface area contributed by atoms with Crippen LogP contribution in [0.15, 0.2) is 20.9 Å². The fraction of sp³-hybridized carbons (Fsp3) is 0.600. The maximum Gasteiger partial charge on any atom is 0.329 e. The Bertz CT molecular complexity index is 711. The first-order valence-corrected chi connectivity index (χ1v) is 6.77. The third-order valence-corrected chi connectivity index (χ3v) is 4.87. The zero-order chi connectivity index (χ0) is 15.8. The van der Waals surface area contributed by atoms with Crippen molar-refractivity contribution in [3.63, 3.8) is 0 Å². The number of aromatic amines is 1. The van der Waals surface area contributed by atoms with Crippen molar-refractivity contribution >= 4 is 11.8 Å². The highest BCUT2D eigenvalue weighted by Gasteiger charge is 2.54. The average Bonchev–Trinajstić information content (AvgIpc) is 2.69. The van der Waals surface area contributed by atoms with E-state index in [4.69, 9.17) is 5.53 Å². The third-order valence-electron chi connectivity index (χ3n) is 3.26. The molecule has 21 heavy (non-hydrogen) atoms. The van der Waals surface area contributed by atoms with Crippen molar-refractivity contribution in [1.29, 1.82) is 0 Å². The summed E-state index contributed by atoms with van der Waals surface area (Å²) in [6.45, 7) is 0.761. The lowest BCUT2D eigenvalue weighted by Gasteiger charge is -2.23. The molecule has 0 saturated carbocycles. The summed E-state index contributed by atoms with van der Waals surface area (Å²) in [7, 11) is 0. The van der Waals surface area contributed by atoms with E-state index >= 15 is 0 Å². The number of aryl methyl sites for hydroxylation is 1. The van der Waals surface area contributed by atoms with Gasteiger partial charge >= 0.3 is 5.69 Å². The number of H-pyrrole nitrogens is 1. The number of nitrogens with zero attached hydrogens (tertiary/aromatic N) is 4. The Hall–Kier alpha value is -1.78. The molecule has 1 aromatic heterocycles. The summed E-state index contributed by atoms with van der Waals surface area (Å²) >= 11 is 0.751. The van der Waals surface area contributed by atoms with Crippen LogP contribution in [0.4, 0.5) is 0 Å². The van der Waals surface area contributed by atoms with Crippen LogP contribution in [-0.2, 0) is 0 Å². The first kappa shape index (κ1) is 15.6. The zero-order valence-corrected chi connectivity index (χ0v) is 11.7. The van der Waals surface area contributed by atoms with Crippen molar-refractivity contribution < 1.29 is 15.3 Å². The summed E-state index contributed by atoms with van der Waals surface area (Å²) in [4.78, 5) is 26.1. The number of azide groups is 1. The van der Waals surface area contributed by atoms with Crippen LogP contribution in [0.25, 0.3) is 10.4 Å². The van der Waals surface area contributed by atoms with Gasteiger partial charge in [0.2, 0.25) is 0 Å². The topological polar surface area (TPSA) is 164 Å². The van der Waals surface area contributed by atoms with Gasteiger partial charge in [0.05, 0.1) is 6.61 Å². The van der Waals surface area contributed by atoms with Crippen LogP contribution in [0.2, 0.25) is 0 Å². The lowest BCUT2D eigenvalue weighted by molar-refractivity contribution is -0.0124. The van der Waals surface area contributed by atoms with Gasteiger partial charge in [0, 0.05) is 16.7 Å². The molecule has 4 N–H and O–H groups in total. The molecule has 114 valence electrons. The SMILES string of the molecule is Cc1cn([C@@H]2S[C@@](CO)(N=[N+]=[N-])[C@@H](O)[C@H]2O)c(=O)[nH]c1=O. The molecule has 0 amide bonds. The van der Waals surface area contributed by atoms with Crippen molar-refractivity contribution in [2.75, 3.05) is 6.61 Å². The summed E-state index contributed by atoms with van der Waals surface area (Å²) in [5.74, 6) is 0. The number of hydrogen-bond acceptors (Lipinski definition) is 7. The smallest absolute Gasteiger partial charge is 0.329 e. The number of aliphatic hydroxyl groups is 3. The molecule has 10 nitrogen and oxygen atoms in total. The van der Waals surface area contributed by atoms with Crippen molar-refractivity contribution in [2.24, 2.45) is 5.11 Å². The molecule has 0 spiro atoms. The van der Waals surface area contributed by atoms with Gasteiger partial charge in [-0.05, 0) is 12.5 Å². The summed E-state index contributed by atoms with van der Waals surface area (Å²) in [5, 5.41) is 31.8. The number of nitrogens with one attached hydrogen (secondary N) is 1. The van der Waals surface area contributed by atoms with E-state index in [-0.39, 0.29) is 5.56 Å². The van der Waals surface area contributed by atoms with Crippen molar-refractivity contribution in [3.05, 3.63) is 43.0 Å². The molecule has 1 aliphatic heterocycles. The second-order valence-electron chi connectivity index (χ2n) is 4.61. The highest BCUT2D eigenvalue weighted by atomic mass is 32.2. The molecule has 0 bridgehead atoms. The molecule has 1 fully saturated rings. The number of hydrogen-bond donors (Lipinski definition) is 4. The van der Waals surface area contributed by atoms with Gasteiger partial charge in [0.1, 0.15) is 22.5 Å². The van der Waals surface area contributed by atoms with Gasteiger partial charge in [-0.2, -0.15) is 0 Å². The van der Waals surface area contributed by atoms with Gasteiger partial charge in [0.25, 0.3) is 5.56 Å². The summed E-state index contributed by atoms with van der Waals surface area (Å²) in [6, 6.07) is 0. The molecule has 0 aliphatic carbocycles. The van der Waals surface area contributed by atoms with E-state index in [0.717, 1.165) is 16.3 Å². The number of aliphatic hydroxyl groups excluding tert-OH is 3. The fourth-order valence-electron chi connectivity index (χ4n) is 2.09. The zero-order valence-electron chi connectivity index (χ0n) is 10.9. The van der Waals surface area contributed by atoms with Gasteiger partial charge in [-0.25, -0.2) is 4.79 Å². The summed E-state index contributed by atoms with van der Waals surface area (Å²) in [5.41, 5.74) is 7.45. The van der Waals surface area contributed by atoms with Crippen LogP contribution in [0.5, 0.6) is 0 Å². The van der Waals surface area contributed by atoms with Crippen molar-refractivity contribution in [3.8, 4) is 0 Å². The molecule has 1 aliphatic rings. The van der Waals surface area contributed by atoms with Gasteiger partial charge in [-0.3, -0.25) is 14.3 Å². The number of thioether (sulfide) groups is 1. The fourth-order valence-corrected chi connectivity index (χ4v) is 3.50. The lowest BCUT2D eigenvalue weighted by atomic mass is 10.1. The molecule has 2 heterocycles. The predicted molar refractivity (Wildman–Crippen MR) is 73.7 cm³/mol. The minimum absolute atomic E-state index is 0.238. The summed E-state index contributed by atoms with van der Waals surface area (Å²) < 4.78 is 1.03. The largest absolute Gasteiger partial charge is 0.395 e. The number of rotatable bonds is 3. The van der Waals surface area contributed by atoms with Crippen molar-refractivity contribution in [1.82, 2.24) is 9.55 Å². The lowest BCUT2D eigenvalue weighted by Crippen LogP contribution is -2.42. The summed E-state index contributed by atoms with van der Waals surface area (Å²) in [6.07, 6.45) is -1.79. The molecule has 0 unspecified atom stereocenters. The van der Waals surface area contributed by atoms with Crippen LogP contribution in [0.1, 0.15) is 10.9 Å². The minimum atomic E-state index is -1.69. The monoisotopic (exact) mass is 315 g/mol. The normalized spacial score (nSPS) is 31.9. The second kappa shape index (κ2) is 5.54. The first-order valence-electron chi connectivity index (χ1n) is 5.89. The Kier molecular flexibility index (Phi) is 4.12. The van der Waals surface area contributed by atoms with E-state index in [1.807, 2.05) is 0 Å². The van der Waals surface area contributed by atoms with Crippen molar-refractivity contribution in [2.45, 2.75) is 29.4 Å². The molecular weight excluding hydrogens is 302 g/mol. The highest BCUT2D eigenvalue weighted by Crippen LogP contribution is 2.49. The Morgan fingerprint density at radius 2 is 2.24 bits per heavy atom. The molecule has 1 saturated heterocycles. The van der Waals surface area contributed by atoms with Crippen LogP contribution in [0, 0.1) is 6.92 Å². The molecule has 2 rings (SSSR count). The van der Waals surface area contributed by atoms with Crippen LogP contribution >= 0.6 is 11.8 Å². The van der Waals surface area contributed by atoms with E-state index in [1.54, 1.807) is 0 Å². The predicted octanol–water partition coefficient (Wildman–Crippen LogP) is -1.19. The Morgan fingerprint density at radius 1 is 1.57 bits per heavy atom. The number of aromatic nitrogens is 2. The molecule has 0 radical (unpaired) electrons. The van der Waals surface area contributed by atoms with E-state index in [0.29, 0.717) is 0 Å². The maximum atomic E-state index is 11.8. The van der Waals surface area contributed by atoms with E-state index in [9.17, 15) is 24.9 Å². The average molecular weight is 315 g/mol. The van der Waals surface area contributed by atoms with Gasteiger partial charge in [0.15, 0.2) is 0 Å². The van der Waals surface area contributed by atoms with Gasteiger partial charge in [-0.15, -0.1) is 11.8 Å². The first-order chi connectivity index (χ1) is 9.86.